The number of hydrogen-bond donors (Lipinski definition) is 2. The maximum Gasteiger partial charge on any atom is 0.211 e. The van der Waals surface area contributed by atoms with Crippen LogP contribution in [0.4, 0.5) is 4.39 Å². The molecule has 3 aromatic rings. The number of benzene rings is 2. The Hall–Kier alpha value is -2.18. The summed E-state index contributed by atoms with van der Waals surface area (Å²) < 4.78 is 41.0. The lowest BCUT2D eigenvalue weighted by molar-refractivity contribution is 0.504. The highest BCUT2D eigenvalue weighted by Crippen LogP contribution is 2.30. The van der Waals surface area contributed by atoms with Gasteiger partial charge in [0.1, 0.15) is 5.82 Å². The van der Waals surface area contributed by atoms with E-state index in [0.29, 0.717) is 6.42 Å². The fraction of sp³-hybridized carbons (Fsp3) is 0.300. The third-order valence-electron chi connectivity index (χ3n) is 4.61. The average Bonchev–Trinajstić information content (AvgIpc) is 3.03. The number of fused-ring (bicyclic) bond motifs is 1. The molecule has 0 amide bonds. The molecule has 0 unspecified atom stereocenters. The van der Waals surface area contributed by atoms with Crippen LogP contribution < -0.4 is 4.72 Å². The van der Waals surface area contributed by atoms with Crippen molar-refractivity contribution in [2.75, 3.05) is 12.3 Å². The first kappa shape index (κ1) is 18.6. The summed E-state index contributed by atoms with van der Waals surface area (Å²) in [6, 6.07) is 14.1. The van der Waals surface area contributed by atoms with E-state index < -0.39 is 15.4 Å². The predicted molar refractivity (Wildman–Crippen MR) is 103 cm³/mol. The van der Waals surface area contributed by atoms with E-state index in [-0.39, 0.29) is 18.1 Å². The Bertz CT molecular complexity index is 995. The van der Waals surface area contributed by atoms with E-state index >= 15 is 0 Å². The van der Waals surface area contributed by atoms with E-state index in [9.17, 15) is 12.8 Å². The zero-order valence-electron chi connectivity index (χ0n) is 14.9. The molecule has 0 spiro atoms. The summed E-state index contributed by atoms with van der Waals surface area (Å²) in [4.78, 5) is 3.12. The van der Waals surface area contributed by atoms with Gasteiger partial charge in [-0.05, 0) is 35.7 Å². The molecule has 0 atom stereocenters. The van der Waals surface area contributed by atoms with Crippen molar-refractivity contribution in [1.29, 1.82) is 0 Å². The van der Waals surface area contributed by atoms with Crippen LogP contribution in [-0.2, 0) is 21.9 Å². The van der Waals surface area contributed by atoms with E-state index in [2.05, 4.69) is 9.71 Å². The van der Waals surface area contributed by atoms with Crippen LogP contribution in [0.2, 0.25) is 0 Å². The van der Waals surface area contributed by atoms with E-state index in [1.165, 1.54) is 12.1 Å². The number of rotatable bonds is 7. The van der Waals surface area contributed by atoms with Gasteiger partial charge in [-0.3, -0.25) is 0 Å². The summed E-state index contributed by atoms with van der Waals surface area (Å²) in [5, 5.41) is 0.776. The number of nitrogens with one attached hydrogen (secondary N) is 2. The molecule has 2 N–H and O–H groups in total. The van der Waals surface area contributed by atoms with Gasteiger partial charge < -0.3 is 4.98 Å². The molecular weight excluding hydrogens is 351 g/mol. The number of halogens is 1. The molecule has 6 heteroatoms. The molecule has 0 bridgehead atoms. The van der Waals surface area contributed by atoms with Crippen LogP contribution in [0.15, 0.2) is 54.7 Å². The molecule has 1 heterocycles. The van der Waals surface area contributed by atoms with Gasteiger partial charge in [-0.2, -0.15) is 0 Å². The molecule has 0 aliphatic rings. The van der Waals surface area contributed by atoms with Gasteiger partial charge in [0.05, 0.1) is 5.75 Å². The topological polar surface area (TPSA) is 62.0 Å². The lowest BCUT2D eigenvalue weighted by Gasteiger charge is -2.25. The SMILES string of the molecule is CC(C)(CNS(=O)(=O)CCc1ccccc1)c1c[nH]c2ccc(F)cc12. The minimum absolute atomic E-state index is 0.0373. The van der Waals surface area contributed by atoms with E-state index in [0.717, 1.165) is 22.0 Å². The minimum atomic E-state index is -3.40. The number of aromatic amines is 1. The van der Waals surface area contributed by atoms with Gasteiger partial charge in [-0.25, -0.2) is 17.5 Å². The lowest BCUT2D eigenvalue weighted by atomic mass is 9.85. The second kappa shape index (κ2) is 7.21. The van der Waals surface area contributed by atoms with Gasteiger partial charge in [-0.15, -0.1) is 0 Å². The molecule has 0 radical (unpaired) electrons. The van der Waals surface area contributed by atoms with Crippen LogP contribution >= 0.6 is 0 Å². The third kappa shape index (κ3) is 4.31. The highest BCUT2D eigenvalue weighted by atomic mass is 32.2. The molecule has 2 aromatic carbocycles. The van der Waals surface area contributed by atoms with Gasteiger partial charge in [-0.1, -0.05) is 44.2 Å². The second-order valence-corrected chi connectivity index (χ2v) is 9.08. The van der Waals surface area contributed by atoms with Crippen molar-refractivity contribution in [3.8, 4) is 0 Å². The van der Waals surface area contributed by atoms with Crippen molar-refractivity contribution >= 4 is 20.9 Å². The normalized spacial score (nSPS) is 12.6. The van der Waals surface area contributed by atoms with Gasteiger partial charge in [0.2, 0.25) is 10.0 Å². The predicted octanol–water partition coefficient (Wildman–Crippen LogP) is 3.75. The van der Waals surface area contributed by atoms with Crippen LogP contribution in [0.5, 0.6) is 0 Å². The highest BCUT2D eigenvalue weighted by molar-refractivity contribution is 7.89. The fourth-order valence-electron chi connectivity index (χ4n) is 3.01. The molecule has 0 aliphatic heterocycles. The van der Waals surface area contributed by atoms with Crippen molar-refractivity contribution in [1.82, 2.24) is 9.71 Å². The number of H-pyrrole nitrogens is 1. The number of aromatic nitrogens is 1. The van der Waals surface area contributed by atoms with Gasteiger partial charge >= 0.3 is 0 Å². The monoisotopic (exact) mass is 374 g/mol. The Kier molecular flexibility index (Phi) is 5.16. The van der Waals surface area contributed by atoms with Crippen molar-refractivity contribution in [3.63, 3.8) is 0 Å². The highest BCUT2D eigenvalue weighted by Gasteiger charge is 2.26. The number of hydrogen-bond acceptors (Lipinski definition) is 2. The lowest BCUT2D eigenvalue weighted by Crippen LogP contribution is -2.38. The largest absolute Gasteiger partial charge is 0.361 e. The molecule has 26 heavy (non-hydrogen) atoms. The number of sulfonamides is 1. The minimum Gasteiger partial charge on any atom is -0.361 e. The zero-order chi connectivity index (χ0) is 18.8. The molecule has 138 valence electrons. The molecule has 0 saturated heterocycles. The standard InChI is InChI=1S/C20H23FN2O2S/c1-20(2,18-13-22-19-9-8-16(21)12-17(18)19)14-23-26(24,25)11-10-15-6-4-3-5-7-15/h3-9,12-13,22-23H,10-11,14H2,1-2H3. The van der Waals surface area contributed by atoms with Crippen LogP contribution in [0.25, 0.3) is 10.9 Å². The van der Waals surface area contributed by atoms with Gasteiger partial charge in [0, 0.05) is 29.1 Å². The molecule has 3 rings (SSSR count). The van der Waals surface area contributed by atoms with Crippen LogP contribution in [0.3, 0.4) is 0 Å². The Labute approximate surface area is 153 Å². The van der Waals surface area contributed by atoms with Crippen molar-refractivity contribution < 1.29 is 12.8 Å². The maximum atomic E-state index is 13.6. The third-order valence-corrected chi connectivity index (χ3v) is 5.93. The van der Waals surface area contributed by atoms with Crippen LogP contribution in [-0.4, -0.2) is 25.7 Å². The Morgan fingerprint density at radius 3 is 2.58 bits per heavy atom. The molecular formula is C20H23FN2O2S. The summed E-state index contributed by atoms with van der Waals surface area (Å²) in [7, 11) is -3.40. The first-order valence-electron chi connectivity index (χ1n) is 8.55. The molecule has 1 aromatic heterocycles. The van der Waals surface area contributed by atoms with Crippen LogP contribution in [0.1, 0.15) is 25.0 Å². The first-order valence-corrected chi connectivity index (χ1v) is 10.2. The van der Waals surface area contributed by atoms with Gasteiger partial charge in [0.15, 0.2) is 0 Å². The zero-order valence-corrected chi connectivity index (χ0v) is 15.7. The molecule has 4 nitrogen and oxygen atoms in total. The average molecular weight is 374 g/mol. The van der Waals surface area contributed by atoms with E-state index in [1.54, 1.807) is 6.07 Å². The summed E-state index contributed by atoms with van der Waals surface area (Å²) in [6.45, 7) is 4.13. The molecule has 0 saturated carbocycles. The molecule has 0 aliphatic carbocycles. The smallest absolute Gasteiger partial charge is 0.211 e. The molecule has 0 fully saturated rings. The van der Waals surface area contributed by atoms with Crippen molar-refractivity contribution in [2.45, 2.75) is 25.7 Å². The summed E-state index contributed by atoms with van der Waals surface area (Å²) in [5.41, 5.74) is 2.23. The van der Waals surface area contributed by atoms with Crippen molar-refractivity contribution in [3.05, 3.63) is 71.7 Å². The summed E-state index contributed by atoms with van der Waals surface area (Å²) in [6.07, 6.45) is 2.29. The van der Waals surface area contributed by atoms with E-state index in [1.807, 2.05) is 50.4 Å². The van der Waals surface area contributed by atoms with E-state index in [4.69, 9.17) is 0 Å². The Morgan fingerprint density at radius 2 is 1.85 bits per heavy atom. The fourth-order valence-corrected chi connectivity index (χ4v) is 4.24. The first-order chi connectivity index (χ1) is 12.3. The summed E-state index contributed by atoms with van der Waals surface area (Å²) >= 11 is 0. The quantitative estimate of drug-likeness (QED) is 0.662. The van der Waals surface area contributed by atoms with Crippen LogP contribution in [0, 0.1) is 5.82 Å². The van der Waals surface area contributed by atoms with Gasteiger partial charge in [0.25, 0.3) is 0 Å². The summed E-state index contributed by atoms with van der Waals surface area (Å²) in [5.74, 6) is -0.270. The number of aryl methyl sites for hydroxylation is 1. The van der Waals surface area contributed by atoms with Crippen molar-refractivity contribution in [2.24, 2.45) is 0 Å². The Morgan fingerprint density at radius 1 is 1.12 bits per heavy atom. The second-order valence-electron chi connectivity index (χ2n) is 7.15. The maximum absolute atomic E-state index is 13.6. The Balaban J connectivity index is 1.69.